The molecule has 0 saturated carbocycles. The van der Waals surface area contributed by atoms with Gasteiger partial charge in [-0.05, 0) is 56.9 Å². The minimum atomic E-state index is 0.267. The van der Waals surface area contributed by atoms with Crippen molar-refractivity contribution in [2.45, 2.75) is 58.8 Å². The first kappa shape index (κ1) is 15.3. The quantitative estimate of drug-likeness (QED) is 0.919. The van der Waals surface area contributed by atoms with Crippen molar-refractivity contribution >= 4 is 5.69 Å². The zero-order valence-corrected chi connectivity index (χ0v) is 13.2. The number of morpholine rings is 1. The SMILES string of the molecule is CCC(N)Cc1ccc(N2C[C@@H](C)O[C@@H](C)C2)cc1C. The van der Waals surface area contributed by atoms with Gasteiger partial charge in [-0.2, -0.15) is 0 Å². The molecule has 0 spiro atoms. The van der Waals surface area contributed by atoms with Crippen molar-refractivity contribution in [1.29, 1.82) is 0 Å². The number of hydrogen-bond acceptors (Lipinski definition) is 3. The maximum atomic E-state index is 6.06. The van der Waals surface area contributed by atoms with E-state index in [1.165, 1.54) is 16.8 Å². The van der Waals surface area contributed by atoms with E-state index < -0.39 is 0 Å². The second-order valence-electron chi connectivity index (χ2n) is 6.15. The van der Waals surface area contributed by atoms with Gasteiger partial charge >= 0.3 is 0 Å². The standard InChI is InChI=1S/C17H28N2O/c1-5-16(18)9-15-6-7-17(8-12(15)2)19-10-13(3)20-14(4)11-19/h6-8,13-14,16H,5,9-11,18H2,1-4H3/t13-,14+,16?. The normalized spacial score (nSPS) is 24.8. The van der Waals surface area contributed by atoms with Crippen LogP contribution in [0.1, 0.15) is 38.3 Å². The second kappa shape index (κ2) is 6.59. The van der Waals surface area contributed by atoms with E-state index in [4.69, 9.17) is 10.5 Å². The molecule has 1 heterocycles. The zero-order valence-electron chi connectivity index (χ0n) is 13.2. The molecular weight excluding hydrogens is 248 g/mol. The molecule has 1 saturated heterocycles. The van der Waals surface area contributed by atoms with Gasteiger partial charge in [0.25, 0.3) is 0 Å². The van der Waals surface area contributed by atoms with Gasteiger partial charge in [0.05, 0.1) is 12.2 Å². The molecule has 112 valence electrons. The molecular formula is C17H28N2O. The number of nitrogens with two attached hydrogens (primary N) is 1. The fourth-order valence-corrected chi connectivity index (χ4v) is 2.92. The summed E-state index contributed by atoms with van der Waals surface area (Å²) in [6, 6.07) is 7.03. The smallest absolute Gasteiger partial charge is 0.0726 e. The molecule has 3 heteroatoms. The number of rotatable bonds is 4. The Balaban J connectivity index is 2.12. The first-order chi connectivity index (χ1) is 9.49. The lowest BCUT2D eigenvalue weighted by Gasteiger charge is -2.37. The fraction of sp³-hybridized carbons (Fsp3) is 0.647. The molecule has 1 aromatic carbocycles. The molecule has 0 aliphatic carbocycles. The van der Waals surface area contributed by atoms with Gasteiger partial charge in [0.1, 0.15) is 0 Å². The molecule has 0 bridgehead atoms. The maximum Gasteiger partial charge on any atom is 0.0726 e. The van der Waals surface area contributed by atoms with Crippen LogP contribution in [-0.4, -0.2) is 31.3 Å². The van der Waals surface area contributed by atoms with Gasteiger partial charge in [0.15, 0.2) is 0 Å². The van der Waals surface area contributed by atoms with Gasteiger partial charge in [-0.15, -0.1) is 0 Å². The first-order valence-electron chi connectivity index (χ1n) is 7.75. The Morgan fingerprint density at radius 1 is 1.30 bits per heavy atom. The van der Waals surface area contributed by atoms with Crippen LogP contribution in [0.25, 0.3) is 0 Å². The molecule has 0 aromatic heterocycles. The predicted molar refractivity (Wildman–Crippen MR) is 85.4 cm³/mol. The lowest BCUT2D eigenvalue weighted by atomic mass is 9.99. The van der Waals surface area contributed by atoms with Crippen molar-refractivity contribution in [3.63, 3.8) is 0 Å². The second-order valence-corrected chi connectivity index (χ2v) is 6.15. The van der Waals surface area contributed by atoms with Crippen LogP contribution in [0.2, 0.25) is 0 Å². The summed E-state index contributed by atoms with van der Waals surface area (Å²) in [5, 5.41) is 0. The largest absolute Gasteiger partial charge is 0.372 e. The zero-order chi connectivity index (χ0) is 14.7. The molecule has 0 radical (unpaired) electrons. The van der Waals surface area contributed by atoms with Crippen molar-refractivity contribution in [3.05, 3.63) is 29.3 Å². The summed E-state index contributed by atoms with van der Waals surface area (Å²) in [5.41, 5.74) is 10.1. The average Bonchev–Trinajstić information content (AvgIpc) is 2.39. The van der Waals surface area contributed by atoms with E-state index in [1.54, 1.807) is 0 Å². The van der Waals surface area contributed by atoms with Gasteiger partial charge in [-0.1, -0.05) is 13.0 Å². The Kier molecular flexibility index (Phi) is 5.06. The van der Waals surface area contributed by atoms with E-state index in [0.29, 0.717) is 12.2 Å². The van der Waals surface area contributed by atoms with E-state index >= 15 is 0 Å². The summed E-state index contributed by atoms with van der Waals surface area (Å²) in [5.74, 6) is 0. The fourth-order valence-electron chi connectivity index (χ4n) is 2.92. The number of ether oxygens (including phenoxy) is 1. The van der Waals surface area contributed by atoms with E-state index in [-0.39, 0.29) is 6.04 Å². The molecule has 1 aromatic rings. The van der Waals surface area contributed by atoms with Crippen LogP contribution in [0.15, 0.2) is 18.2 Å². The van der Waals surface area contributed by atoms with Gasteiger partial charge in [-0.25, -0.2) is 0 Å². The third kappa shape index (κ3) is 3.74. The van der Waals surface area contributed by atoms with Crippen molar-refractivity contribution in [2.75, 3.05) is 18.0 Å². The highest BCUT2D eigenvalue weighted by atomic mass is 16.5. The minimum Gasteiger partial charge on any atom is -0.372 e. The van der Waals surface area contributed by atoms with E-state index in [9.17, 15) is 0 Å². The van der Waals surface area contributed by atoms with Crippen LogP contribution < -0.4 is 10.6 Å². The van der Waals surface area contributed by atoms with Crippen LogP contribution in [0.5, 0.6) is 0 Å². The summed E-state index contributed by atoms with van der Waals surface area (Å²) in [4.78, 5) is 2.43. The van der Waals surface area contributed by atoms with Crippen LogP contribution in [0, 0.1) is 6.92 Å². The summed E-state index contributed by atoms with van der Waals surface area (Å²) >= 11 is 0. The van der Waals surface area contributed by atoms with Crippen molar-refractivity contribution in [3.8, 4) is 0 Å². The highest BCUT2D eigenvalue weighted by Gasteiger charge is 2.22. The van der Waals surface area contributed by atoms with Crippen LogP contribution in [-0.2, 0) is 11.2 Å². The van der Waals surface area contributed by atoms with E-state index in [1.807, 2.05) is 0 Å². The third-order valence-electron chi connectivity index (χ3n) is 4.12. The number of anilines is 1. The molecule has 2 N–H and O–H groups in total. The lowest BCUT2D eigenvalue weighted by Crippen LogP contribution is -2.45. The predicted octanol–water partition coefficient (Wildman–Crippen LogP) is 2.89. The summed E-state index contributed by atoms with van der Waals surface area (Å²) < 4.78 is 5.80. The van der Waals surface area contributed by atoms with Crippen molar-refractivity contribution in [1.82, 2.24) is 0 Å². The number of hydrogen-bond donors (Lipinski definition) is 1. The Labute approximate surface area is 123 Å². The third-order valence-corrected chi connectivity index (χ3v) is 4.12. The van der Waals surface area contributed by atoms with Crippen LogP contribution >= 0.6 is 0 Å². The van der Waals surface area contributed by atoms with Crippen molar-refractivity contribution in [2.24, 2.45) is 5.73 Å². The molecule has 20 heavy (non-hydrogen) atoms. The van der Waals surface area contributed by atoms with E-state index in [2.05, 4.69) is 50.8 Å². The topological polar surface area (TPSA) is 38.5 Å². The van der Waals surface area contributed by atoms with Gasteiger partial charge in [-0.3, -0.25) is 0 Å². The van der Waals surface area contributed by atoms with Gasteiger partial charge < -0.3 is 15.4 Å². The molecule has 3 nitrogen and oxygen atoms in total. The van der Waals surface area contributed by atoms with Gasteiger partial charge in [0, 0.05) is 24.8 Å². The molecule has 1 aliphatic heterocycles. The molecule has 1 fully saturated rings. The summed E-state index contributed by atoms with van der Waals surface area (Å²) in [6.07, 6.45) is 2.59. The van der Waals surface area contributed by atoms with Crippen molar-refractivity contribution < 1.29 is 4.74 Å². The molecule has 0 amide bonds. The first-order valence-corrected chi connectivity index (χ1v) is 7.75. The monoisotopic (exact) mass is 276 g/mol. The Hall–Kier alpha value is -1.06. The van der Waals surface area contributed by atoms with Crippen LogP contribution in [0.4, 0.5) is 5.69 Å². The molecule has 2 rings (SSSR count). The lowest BCUT2D eigenvalue weighted by molar-refractivity contribution is -0.00522. The molecule has 3 atom stereocenters. The Morgan fingerprint density at radius 2 is 1.95 bits per heavy atom. The number of aryl methyl sites for hydroxylation is 1. The molecule has 1 unspecified atom stereocenters. The van der Waals surface area contributed by atoms with Gasteiger partial charge in [0.2, 0.25) is 0 Å². The highest BCUT2D eigenvalue weighted by Crippen LogP contribution is 2.24. The van der Waals surface area contributed by atoms with E-state index in [0.717, 1.165) is 25.9 Å². The molecule has 1 aliphatic rings. The summed E-state index contributed by atoms with van der Waals surface area (Å²) in [6.45, 7) is 10.6. The summed E-state index contributed by atoms with van der Waals surface area (Å²) in [7, 11) is 0. The minimum absolute atomic E-state index is 0.267. The highest BCUT2D eigenvalue weighted by molar-refractivity contribution is 5.51. The average molecular weight is 276 g/mol. The van der Waals surface area contributed by atoms with Crippen LogP contribution in [0.3, 0.4) is 0 Å². The Bertz CT molecular complexity index is 437. The number of benzene rings is 1. The maximum absolute atomic E-state index is 6.06. The number of nitrogens with zero attached hydrogens (tertiary/aromatic N) is 1. The Morgan fingerprint density at radius 3 is 2.50 bits per heavy atom.